The minimum absolute atomic E-state index is 0.0719. The third kappa shape index (κ3) is 2.84. The first kappa shape index (κ1) is 13.4. The van der Waals surface area contributed by atoms with Gasteiger partial charge in [-0.05, 0) is 18.2 Å². The Hall–Kier alpha value is -3.07. The van der Waals surface area contributed by atoms with Gasteiger partial charge in [-0.15, -0.1) is 0 Å². The Balaban J connectivity index is 2.32. The fourth-order valence-electron chi connectivity index (χ4n) is 1.53. The Bertz CT molecular complexity index is 692. The summed E-state index contributed by atoms with van der Waals surface area (Å²) in [6.45, 7) is 0. The molecule has 0 spiro atoms. The highest BCUT2D eigenvalue weighted by Gasteiger charge is 2.10. The van der Waals surface area contributed by atoms with Crippen LogP contribution in [0.15, 0.2) is 36.5 Å². The van der Waals surface area contributed by atoms with E-state index in [0.29, 0.717) is 17.1 Å². The van der Waals surface area contributed by atoms with Gasteiger partial charge in [-0.2, -0.15) is 5.26 Å². The van der Waals surface area contributed by atoms with E-state index in [1.54, 1.807) is 12.1 Å². The van der Waals surface area contributed by atoms with Crippen LogP contribution in [0, 0.1) is 11.3 Å². The van der Waals surface area contributed by atoms with E-state index in [9.17, 15) is 4.79 Å². The van der Waals surface area contributed by atoms with E-state index in [1.807, 2.05) is 6.07 Å². The molecular weight excluding hydrogens is 260 g/mol. The van der Waals surface area contributed by atoms with Crippen LogP contribution in [0.5, 0.6) is 17.4 Å². The molecule has 0 radical (unpaired) electrons. The number of carbonyl (C=O) groups is 1. The fourth-order valence-corrected chi connectivity index (χ4v) is 1.53. The second kappa shape index (κ2) is 5.71. The smallest absolute Gasteiger partial charge is 0.335 e. The van der Waals surface area contributed by atoms with Gasteiger partial charge in [0.05, 0.1) is 24.3 Å². The quantitative estimate of drug-likeness (QED) is 0.917. The lowest BCUT2D eigenvalue weighted by molar-refractivity contribution is 0.0696. The standard InChI is InChI=1S/C14H10N2O4/c1-19-12-6-9(8-15)2-3-11(12)20-13-7-10(14(17)18)4-5-16-13/h2-7H,1H3,(H,17,18). The van der Waals surface area contributed by atoms with E-state index in [4.69, 9.17) is 19.8 Å². The predicted molar refractivity (Wildman–Crippen MR) is 69.0 cm³/mol. The van der Waals surface area contributed by atoms with Crippen LogP contribution in [-0.4, -0.2) is 23.2 Å². The van der Waals surface area contributed by atoms with Gasteiger partial charge in [-0.1, -0.05) is 0 Å². The Morgan fingerprint density at radius 1 is 1.30 bits per heavy atom. The normalized spacial score (nSPS) is 9.60. The lowest BCUT2D eigenvalue weighted by Crippen LogP contribution is -1.98. The number of nitriles is 1. The van der Waals surface area contributed by atoms with Crippen molar-refractivity contribution in [2.75, 3.05) is 7.11 Å². The molecule has 2 aromatic rings. The van der Waals surface area contributed by atoms with Crippen molar-refractivity contribution in [1.29, 1.82) is 5.26 Å². The number of pyridine rings is 1. The summed E-state index contributed by atoms with van der Waals surface area (Å²) in [6, 6.07) is 9.31. The fraction of sp³-hybridized carbons (Fsp3) is 0.0714. The molecule has 1 heterocycles. The average Bonchev–Trinajstić information content (AvgIpc) is 2.48. The summed E-state index contributed by atoms with van der Waals surface area (Å²) in [5.41, 5.74) is 0.504. The molecule has 1 N–H and O–H groups in total. The first-order valence-electron chi connectivity index (χ1n) is 5.59. The highest BCUT2D eigenvalue weighted by atomic mass is 16.5. The average molecular weight is 270 g/mol. The van der Waals surface area contributed by atoms with Crippen LogP contribution in [0.2, 0.25) is 0 Å². The molecule has 0 aliphatic carbocycles. The Morgan fingerprint density at radius 2 is 2.10 bits per heavy atom. The maximum atomic E-state index is 10.9. The largest absolute Gasteiger partial charge is 0.493 e. The third-order valence-electron chi connectivity index (χ3n) is 2.49. The number of nitrogens with zero attached hydrogens (tertiary/aromatic N) is 2. The van der Waals surface area contributed by atoms with Crippen LogP contribution in [0.4, 0.5) is 0 Å². The molecule has 0 aliphatic heterocycles. The molecule has 0 bridgehead atoms. The molecule has 0 saturated carbocycles. The number of aromatic carboxylic acids is 1. The van der Waals surface area contributed by atoms with Crippen LogP contribution in [0.1, 0.15) is 15.9 Å². The predicted octanol–water partition coefficient (Wildman–Crippen LogP) is 2.45. The second-order valence-electron chi connectivity index (χ2n) is 3.77. The van der Waals surface area contributed by atoms with Crippen molar-refractivity contribution in [1.82, 2.24) is 4.98 Å². The maximum absolute atomic E-state index is 10.9. The van der Waals surface area contributed by atoms with Gasteiger partial charge in [-0.25, -0.2) is 9.78 Å². The number of rotatable bonds is 4. The molecule has 0 saturated heterocycles. The van der Waals surface area contributed by atoms with Crippen molar-refractivity contribution < 1.29 is 19.4 Å². The highest BCUT2D eigenvalue weighted by Crippen LogP contribution is 2.31. The second-order valence-corrected chi connectivity index (χ2v) is 3.77. The van der Waals surface area contributed by atoms with Crippen molar-refractivity contribution in [3.05, 3.63) is 47.7 Å². The summed E-state index contributed by atoms with van der Waals surface area (Å²) in [7, 11) is 1.45. The molecule has 20 heavy (non-hydrogen) atoms. The Kier molecular flexibility index (Phi) is 3.82. The molecule has 6 heteroatoms. The zero-order valence-corrected chi connectivity index (χ0v) is 10.5. The minimum atomic E-state index is -1.07. The van der Waals surface area contributed by atoms with E-state index < -0.39 is 5.97 Å². The van der Waals surface area contributed by atoms with E-state index in [0.717, 1.165) is 0 Å². The lowest BCUT2D eigenvalue weighted by Gasteiger charge is -2.09. The van der Waals surface area contributed by atoms with Crippen LogP contribution in [-0.2, 0) is 0 Å². The van der Waals surface area contributed by atoms with Crippen LogP contribution >= 0.6 is 0 Å². The number of carboxylic acid groups (broad SMARTS) is 1. The van der Waals surface area contributed by atoms with Crippen LogP contribution in [0.25, 0.3) is 0 Å². The molecule has 0 fully saturated rings. The van der Waals surface area contributed by atoms with Crippen LogP contribution < -0.4 is 9.47 Å². The summed E-state index contributed by atoms with van der Waals surface area (Å²) in [6.07, 6.45) is 1.34. The zero-order chi connectivity index (χ0) is 14.5. The Morgan fingerprint density at radius 3 is 2.75 bits per heavy atom. The van der Waals surface area contributed by atoms with Crippen LogP contribution in [0.3, 0.4) is 0 Å². The topological polar surface area (TPSA) is 92.4 Å². The van der Waals surface area contributed by atoms with Gasteiger partial charge in [0, 0.05) is 18.3 Å². The number of hydrogen-bond acceptors (Lipinski definition) is 5. The molecule has 100 valence electrons. The van der Waals surface area contributed by atoms with Crippen molar-refractivity contribution in [3.8, 4) is 23.4 Å². The Labute approximate surface area is 114 Å². The molecule has 1 aromatic carbocycles. The van der Waals surface area contributed by atoms with Gasteiger partial charge >= 0.3 is 5.97 Å². The lowest BCUT2D eigenvalue weighted by atomic mass is 10.2. The van der Waals surface area contributed by atoms with Gasteiger partial charge in [-0.3, -0.25) is 0 Å². The molecule has 0 unspecified atom stereocenters. The first-order valence-corrected chi connectivity index (χ1v) is 5.59. The van der Waals surface area contributed by atoms with E-state index >= 15 is 0 Å². The van der Waals surface area contributed by atoms with E-state index in [1.165, 1.54) is 31.5 Å². The summed E-state index contributed by atoms with van der Waals surface area (Å²) in [5.74, 6) is -0.218. The number of aromatic nitrogens is 1. The molecular formula is C14H10N2O4. The number of carboxylic acids is 1. The molecule has 0 atom stereocenters. The first-order chi connectivity index (χ1) is 9.63. The number of methoxy groups -OCH3 is 1. The van der Waals surface area contributed by atoms with E-state index in [-0.39, 0.29) is 11.4 Å². The molecule has 2 rings (SSSR count). The zero-order valence-electron chi connectivity index (χ0n) is 10.5. The summed E-state index contributed by atoms with van der Waals surface area (Å²) in [5, 5.41) is 17.7. The highest BCUT2D eigenvalue weighted by molar-refractivity contribution is 5.87. The van der Waals surface area contributed by atoms with Gasteiger partial charge in [0.15, 0.2) is 11.5 Å². The summed E-state index contributed by atoms with van der Waals surface area (Å²) < 4.78 is 10.6. The van der Waals surface area contributed by atoms with Crippen molar-refractivity contribution in [2.24, 2.45) is 0 Å². The van der Waals surface area contributed by atoms with Gasteiger partial charge in [0.2, 0.25) is 5.88 Å². The number of benzene rings is 1. The summed E-state index contributed by atoms with van der Waals surface area (Å²) in [4.78, 5) is 14.8. The van der Waals surface area contributed by atoms with Crippen molar-refractivity contribution in [3.63, 3.8) is 0 Å². The van der Waals surface area contributed by atoms with Gasteiger partial charge in [0.1, 0.15) is 0 Å². The van der Waals surface area contributed by atoms with E-state index in [2.05, 4.69) is 4.98 Å². The third-order valence-corrected chi connectivity index (χ3v) is 2.49. The maximum Gasteiger partial charge on any atom is 0.335 e. The molecule has 0 aliphatic rings. The van der Waals surface area contributed by atoms with Crippen molar-refractivity contribution >= 4 is 5.97 Å². The monoisotopic (exact) mass is 270 g/mol. The summed E-state index contributed by atoms with van der Waals surface area (Å²) >= 11 is 0. The van der Waals surface area contributed by atoms with Crippen molar-refractivity contribution in [2.45, 2.75) is 0 Å². The number of ether oxygens (including phenoxy) is 2. The van der Waals surface area contributed by atoms with Gasteiger partial charge in [0.25, 0.3) is 0 Å². The molecule has 1 aromatic heterocycles. The minimum Gasteiger partial charge on any atom is -0.493 e. The van der Waals surface area contributed by atoms with Gasteiger partial charge < -0.3 is 14.6 Å². The molecule has 6 nitrogen and oxygen atoms in total. The molecule has 0 amide bonds. The SMILES string of the molecule is COc1cc(C#N)ccc1Oc1cc(C(=O)O)ccn1. The number of hydrogen-bond donors (Lipinski definition) is 1.